The highest BCUT2D eigenvalue weighted by Gasteiger charge is 2.81. The summed E-state index contributed by atoms with van der Waals surface area (Å²) in [7, 11) is 2.75. The van der Waals surface area contributed by atoms with E-state index in [1.54, 1.807) is 291 Å². The number of rotatable bonds is 2. The summed E-state index contributed by atoms with van der Waals surface area (Å²) < 4.78 is 6.59. The molecule has 1 saturated heterocycles. The molecule has 90 heavy (non-hydrogen) atoms. The Morgan fingerprint density at radius 1 is 0.400 bits per heavy atom. The molecule has 1 aliphatic heterocycles. The van der Waals surface area contributed by atoms with E-state index in [-0.39, 0.29) is 39.3 Å². The van der Waals surface area contributed by atoms with E-state index in [2.05, 4.69) is 31.5 Å². The minimum absolute atomic E-state index is 0.00856. The van der Waals surface area contributed by atoms with Crippen molar-refractivity contribution in [3.63, 3.8) is 0 Å². The molecule has 9 aliphatic carbocycles. The van der Waals surface area contributed by atoms with Gasteiger partial charge in [0.15, 0.2) is 0 Å². The number of carbonyl (C=O) groups excluding carboxylic acids is 1. The molecule has 0 aromatic heterocycles. The van der Waals surface area contributed by atoms with Crippen LogP contribution in [0.1, 0.15) is 93.9 Å². The summed E-state index contributed by atoms with van der Waals surface area (Å²) >= 11 is 0. The monoisotopic (exact) mass is 1130 g/mol. The Balaban J connectivity index is 0.778. The Morgan fingerprint density at radius 3 is 1.10 bits per heavy atom. The van der Waals surface area contributed by atoms with E-state index in [0.717, 1.165) is 13.0 Å². The number of allylic oxidation sites excluding steroid dienone is 1. The second-order valence-corrected chi connectivity index (χ2v) is 35.3. The Morgan fingerprint density at radius 2 is 0.744 bits per heavy atom. The van der Waals surface area contributed by atoms with Crippen molar-refractivity contribution in [1.29, 1.82) is 0 Å². The molecular weight excluding hydrogens is 1090 g/mol. The fourth-order valence-corrected chi connectivity index (χ4v) is 34.1. The summed E-state index contributed by atoms with van der Waals surface area (Å²) in [5.41, 5.74) is 10.9. The number of nitrogens with zero attached hydrogens (tertiary/aromatic N) is 1. The molecular formula is C87H37NO2. The molecule has 3 nitrogen and oxygen atoms in total. The smallest absolute Gasteiger partial charge is 0.346 e. The zero-order chi connectivity index (χ0) is 55.2. The Bertz CT molecular complexity index is 8130. The van der Waals surface area contributed by atoms with Crippen molar-refractivity contribution in [2.75, 3.05) is 13.6 Å². The maximum atomic E-state index is 13.7. The number of hydrogen-bond acceptors (Lipinski definition) is 3. The van der Waals surface area contributed by atoms with Gasteiger partial charge in [0.25, 0.3) is 0 Å². The number of likely N-dealkylation sites (N-methyl/N-ethyl adjacent to an activating group) is 1. The molecule has 0 bridgehead atoms. The lowest BCUT2D eigenvalue weighted by Gasteiger charge is -2.66. The summed E-state index contributed by atoms with van der Waals surface area (Å²) in [6.07, 6.45) is 16.8. The van der Waals surface area contributed by atoms with Crippen LogP contribution < -0.4 is 0 Å². The second kappa shape index (κ2) is 9.16. The van der Waals surface area contributed by atoms with Gasteiger partial charge in [-0.25, -0.2) is 4.79 Å². The standard InChI is InChI=1S/C87H37NO2/c1-83-14-15-85(16-19(83)8-9-20-21-10-11-23(84(21,2)13-12-22(20)83)90-82(89)18-6-4-5-7-18)87-80-74-68-58-46-38-30-26-24-25-28-32(30)40(46)50-44-36(28)37-29(25)33-31-27(24)35-34(26)42-48(38)56-62-52(42)53-43(35)49-39(31)47-41(33)51-45(37)55-54(44)66(60(50)68)76(80)77-67(55)61(51)69-59(47)65-57(49)63(53)71-70(62)78(72(74)64(56)58)86(87,17-88(85)3)79(71)73(65)75(69)81(77)87/h4-6,19-23H,8-17H2,1-3H3/t19-,20-,21-,22-,23-,83-,84-,85?,86?,87?/m0/s1. The molecule has 402 valence electrons. The molecule has 4 saturated carbocycles. The third-order valence-electron chi connectivity index (χ3n) is 35.1. The van der Waals surface area contributed by atoms with Gasteiger partial charge in [-0.2, -0.15) is 0 Å². The number of hydrogen-bond donors (Lipinski definition) is 0. The zero-order valence-corrected chi connectivity index (χ0v) is 49.0. The predicted molar refractivity (Wildman–Crippen MR) is 372 cm³/mol. The van der Waals surface area contributed by atoms with Gasteiger partial charge in [0.1, 0.15) is 11.7 Å². The lowest BCUT2D eigenvalue weighted by atomic mass is 9.38. The molecule has 28 aromatic carbocycles. The normalized spacial score (nSPS) is 33.0. The van der Waals surface area contributed by atoms with E-state index >= 15 is 0 Å². The van der Waals surface area contributed by atoms with E-state index in [0.29, 0.717) is 29.2 Å². The molecule has 28 aromatic rings. The zero-order valence-electron chi connectivity index (χ0n) is 49.0. The van der Waals surface area contributed by atoms with Crippen LogP contribution in [0.25, 0.3) is 291 Å². The van der Waals surface area contributed by atoms with Gasteiger partial charge in [0.2, 0.25) is 0 Å². The highest BCUT2D eigenvalue weighted by atomic mass is 16.5. The summed E-state index contributed by atoms with van der Waals surface area (Å²) in [5, 5.41) is 91.9. The predicted octanol–water partition coefficient (Wildman–Crippen LogP) is 21.6. The number of benzene rings is 18. The van der Waals surface area contributed by atoms with Crippen LogP contribution in [0, 0.1) is 34.5 Å². The largest absolute Gasteiger partial charge is 0.458 e. The summed E-state index contributed by atoms with van der Waals surface area (Å²) in [4.78, 5) is 16.9. The summed E-state index contributed by atoms with van der Waals surface area (Å²) in [6.45, 7) is 6.53. The topological polar surface area (TPSA) is 29.5 Å². The third kappa shape index (κ3) is 2.29. The molecule has 38 rings (SSSR count). The van der Waals surface area contributed by atoms with Gasteiger partial charge in [-0.3, -0.25) is 4.90 Å². The highest BCUT2D eigenvalue weighted by Crippen LogP contribution is 2.88. The first-order chi connectivity index (χ1) is 44.3. The van der Waals surface area contributed by atoms with Crippen molar-refractivity contribution in [3.05, 3.63) is 51.8 Å². The highest BCUT2D eigenvalue weighted by molar-refractivity contribution is 6.82. The summed E-state index contributed by atoms with van der Waals surface area (Å²) in [5.74, 6) is 2.48. The Kier molecular flexibility index (Phi) is 3.87. The molecule has 10 aliphatic rings. The van der Waals surface area contributed by atoms with Crippen molar-refractivity contribution in [2.45, 2.75) is 94.1 Å². The molecule has 1 heterocycles. The Hall–Kier alpha value is -8.85. The van der Waals surface area contributed by atoms with E-state index in [4.69, 9.17) is 4.74 Å². The van der Waals surface area contributed by atoms with Gasteiger partial charge in [-0.1, -0.05) is 19.9 Å². The SMILES string of the molecule is CN1CC23c4c5c6c7c8c9c(c%10c%11c2c2c4c4c%12c5c5c6c6c8c8c%13c9c9c%10c%10c%11c%11c2c2c4c4c%12c%12c5c5c6c8c6c8c%13c9c9c%10c%10c%11c2c2c4c4c%12c5c6c5c8c9c%10c2c45)C73C12CC[C@@]1(C)[C@@H](CC[C@@H]3[C@@H]1CC[C@]1(C)[C@@H](OC(=O)C4=C=CC=C4)CC[C@@H]31)C2. The maximum Gasteiger partial charge on any atom is 0.346 e. The average molecular weight is 1130 g/mol. The van der Waals surface area contributed by atoms with Crippen LogP contribution in [0.3, 0.4) is 0 Å². The van der Waals surface area contributed by atoms with Gasteiger partial charge in [0.05, 0.1) is 10.8 Å². The number of ether oxygens (including phenoxy) is 1. The Labute approximate surface area is 502 Å². The van der Waals surface area contributed by atoms with Gasteiger partial charge < -0.3 is 4.74 Å². The van der Waals surface area contributed by atoms with Crippen molar-refractivity contribution < 1.29 is 9.53 Å². The number of esters is 1. The van der Waals surface area contributed by atoms with Gasteiger partial charge in [0, 0.05) is 17.5 Å². The molecule has 0 amide bonds. The van der Waals surface area contributed by atoms with Crippen LogP contribution in [-0.2, 0) is 20.4 Å². The molecule has 8 atom stereocenters. The van der Waals surface area contributed by atoms with Gasteiger partial charge in [-0.15, -0.1) is 5.73 Å². The number of carbonyl (C=O) groups is 1. The molecule has 5 fully saturated rings. The van der Waals surface area contributed by atoms with Crippen LogP contribution in [0.2, 0.25) is 0 Å². The lowest BCUT2D eigenvalue weighted by Crippen LogP contribution is -2.66. The van der Waals surface area contributed by atoms with Crippen molar-refractivity contribution in [3.8, 4) is 0 Å². The minimum Gasteiger partial charge on any atom is -0.458 e. The number of likely N-dealkylation sites (tertiary alicyclic amines) is 1. The second-order valence-electron chi connectivity index (χ2n) is 35.3. The van der Waals surface area contributed by atoms with Crippen molar-refractivity contribution >= 4 is 297 Å². The van der Waals surface area contributed by atoms with E-state index in [1.807, 2.05) is 40.5 Å². The van der Waals surface area contributed by atoms with E-state index in [9.17, 15) is 4.79 Å². The minimum atomic E-state index is -0.259. The summed E-state index contributed by atoms with van der Waals surface area (Å²) in [6, 6.07) is 0. The first-order valence-corrected chi connectivity index (χ1v) is 35.2. The van der Waals surface area contributed by atoms with Crippen LogP contribution in [-0.4, -0.2) is 36.1 Å². The quantitative estimate of drug-likeness (QED) is 0.0981. The van der Waals surface area contributed by atoms with Crippen LogP contribution >= 0.6 is 0 Å². The molecule has 3 heteroatoms. The van der Waals surface area contributed by atoms with Crippen LogP contribution in [0.15, 0.2) is 29.5 Å². The molecule has 3 spiro atoms. The van der Waals surface area contributed by atoms with E-state index < -0.39 is 0 Å². The van der Waals surface area contributed by atoms with E-state index in [1.165, 1.54) is 51.4 Å². The van der Waals surface area contributed by atoms with Gasteiger partial charge >= 0.3 is 5.97 Å². The third-order valence-corrected chi connectivity index (χ3v) is 35.1. The van der Waals surface area contributed by atoms with Crippen LogP contribution in [0.4, 0.5) is 0 Å². The lowest BCUT2D eigenvalue weighted by molar-refractivity contribution is -0.163. The average Bonchev–Trinajstić information content (AvgIpc) is 1.38. The van der Waals surface area contributed by atoms with Crippen molar-refractivity contribution in [1.82, 2.24) is 4.90 Å². The first kappa shape index (κ1) is 38.0. The van der Waals surface area contributed by atoms with Gasteiger partial charge in [-0.05, 0) is 419 Å². The number of fused-ring (bicyclic) bond motifs is 5. The fraction of sp³-hybridized carbons (Fsp3) is 0.264. The fourth-order valence-electron chi connectivity index (χ4n) is 34.1. The first-order valence-electron chi connectivity index (χ1n) is 35.2. The molecule has 0 radical (unpaired) electrons. The molecule has 1 unspecified atom stereocenters. The maximum absolute atomic E-state index is 13.7. The van der Waals surface area contributed by atoms with Crippen molar-refractivity contribution in [2.24, 2.45) is 34.5 Å². The molecule has 0 N–H and O–H groups in total. The van der Waals surface area contributed by atoms with Crippen LogP contribution in [0.5, 0.6) is 0 Å².